The first-order chi connectivity index (χ1) is 8.88. The normalized spacial score (nSPS) is 14.4. The number of hydrogen-bond acceptors (Lipinski definition) is 3. The summed E-state index contributed by atoms with van der Waals surface area (Å²) in [7, 11) is 1.82. The highest BCUT2D eigenvalue weighted by Crippen LogP contribution is 2.32. The van der Waals surface area contributed by atoms with E-state index in [2.05, 4.69) is 0 Å². The van der Waals surface area contributed by atoms with Gasteiger partial charge in [0.15, 0.2) is 5.78 Å². The number of rotatable bonds is 3. The summed E-state index contributed by atoms with van der Waals surface area (Å²) in [6, 6.07) is 4.87. The summed E-state index contributed by atoms with van der Waals surface area (Å²) in [5, 5.41) is 0. The molecule has 0 atom stereocenters. The molecule has 2 rings (SSSR count). The van der Waals surface area contributed by atoms with Gasteiger partial charge in [-0.1, -0.05) is 18.2 Å². The molecule has 110 valence electrons. The molecular formula is C13H14BrF3N2O. The number of carbonyl (C=O) groups is 1. The Hall–Kier alpha value is -1.50. The second kappa shape index (κ2) is 6.30. The monoisotopic (exact) mass is 350 g/mol. The van der Waals surface area contributed by atoms with Gasteiger partial charge in [-0.25, -0.2) is 0 Å². The van der Waals surface area contributed by atoms with Crippen molar-refractivity contribution in [1.82, 2.24) is 9.80 Å². The third-order valence-corrected chi connectivity index (χ3v) is 2.82. The van der Waals surface area contributed by atoms with Crippen LogP contribution in [0.5, 0.6) is 0 Å². The number of halogens is 4. The molecule has 0 amide bonds. The van der Waals surface area contributed by atoms with Crippen molar-refractivity contribution < 1.29 is 18.0 Å². The number of alkyl halides is 3. The molecule has 0 aromatic heterocycles. The number of Topliss-reactive ketones (excluding diaryl/α,β-unsaturated/α-hetero) is 1. The molecule has 1 aliphatic rings. The first-order valence-electron chi connectivity index (χ1n) is 5.70. The second-order valence-corrected chi connectivity index (χ2v) is 4.41. The van der Waals surface area contributed by atoms with Crippen LogP contribution >= 0.6 is 17.0 Å². The van der Waals surface area contributed by atoms with Crippen LogP contribution in [0.4, 0.5) is 13.2 Å². The van der Waals surface area contributed by atoms with Gasteiger partial charge in [-0.15, -0.1) is 17.0 Å². The zero-order chi connectivity index (χ0) is 14.0. The van der Waals surface area contributed by atoms with E-state index in [0.717, 1.165) is 6.07 Å². The van der Waals surface area contributed by atoms with Crippen LogP contribution in [0.25, 0.3) is 0 Å². The largest absolute Gasteiger partial charge is 0.417 e. The fourth-order valence-electron chi connectivity index (χ4n) is 1.93. The van der Waals surface area contributed by atoms with Crippen LogP contribution in [0.15, 0.2) is 36.7 Å². The summed E-state index contributed by atoms with van der Waals surface area (Å²) in [6.45, 7) is 0.438. The van der Waals surface area contributed by atoms with Crippen molar-refractivity contribution in [2.45, 2.75) is 6.18 Å². The second-order valence-electron chi connectivity index (χ2n) is 4.41. The molecular weight excluding hydrogens is 337 g/mol. The van der Waals surface area contributed by atoms with E-state index < -0.39 is 17.5 Å². The quantitative estimate of drug-likeness (QED) is 0.782. The molecule has 0 bridgehead atoms. The van der Waals surface area contributed by atoms with Crippen LogP contribution in [0, 0.1) is 0 Å². The lowest BCUT2D eigenvalue weighted by molar-refractivity contribution is -0.137. The Morgan fingerprint density at radius 3 is 2.45 bits per heavy atom. The Morgan fingerprint density at radius 2 is 1.90 bits per heavy atom. The molecule has 0 N–H and O–H groups in total. The minimum absolute atomic E-state index is 0. The van der Waals surface area contributed by atoms with Crippen LogP contribution < -0.4 is 0 Å². The van der Waals surface area contributed by atoms with Gasteiger partial charge in [-0.2, -0.15) is 13.2 Å². The van der Waals surface area contributed by atoms with Gasteiger partial charge in [0.2, 0.25) is 0 Å². The molecule has 0 unspecified atom stereocenters. The molecule has 0 spiro atoms. The molecule has 0 aliphatic carbocycles. The van der Waals surface area contributed by atoms with Crippen molar-refractivity contribution >= 4 is 22.8 Å². The van der Waals surface area contributed by atoms with Gasteiger partial charge in [0.25, 0.3) is 0 Å². The van der Waals surface area contributed by atoms with Gasteiger partial charge in [0.05, 0.1) is 18.8 Å². The smallest absolute Gasteiger partial charge is 0.362 e. The Kier molecular flexibility index (Phi) is 5.21. The molecule has 1 aromatic rings. The lowest BCUT2D eigenvalue weighted by atomic mass is 10.0. The summed E-state index contributed by atoms with van der Waals surface area (Å²) in [6.07, 6.45) is -1.05. The van der Waals surface area contributed by atoms with E-state index in [1.54, 1.807) is 17.3 Å². The maximum Gasteiger partial charge on any atom is 0.417 e. The van der Waals surface area contributed by atoms with Crippen molar-refractivity contribution in [2.24, 2.45) is 0 Å². The Balaban J connectivity index is 0.00000200. The number of carbonyl (C=O) groups excluding carboxylic acids is 1. The maximum atomic E-state index is 12.8. The van der Waals surface area contributed by atoms with Crippen molar-refractivity contribution in [1.29, 1.82) is 0 Å². The molecule has 0 saturated carbocycles. The summed E-state index contributed by atoms with van der Waals surface area (Å²) >= 11 is 0. The molecule has 3 nitrogen and oxygen atoms in total. The molecule has 1 aliphatic heterocycles. The Morgan fingerprint density at radius 1 is 1.25 bits per heavy atom. The number of nitrogens with zero attached hydrogens (tertiary/aromatic N) is 2. The summed E-state index contributed by atoms with van der Waals surface area (Å²) in [5.41, 5.74) is -1.16. The van der Waals surface area contributed by atoms with E-state index in [-0.39, 0.29) is 29.1 Å². The van der Waals surface area contributed by atoms with E-state index in [1.807, 2.05) is 11.9 Å². The lowest BCUT2D eigenvalue weighted by Crippen LogP contribution is -2.29. The van der Waals surface area contributed by atoms with Gasteiger partial charge in [-0.3, -0.25) is 4.79 Å². The minimum Gasteiger partial charge on any atom is -0.362 e. The molecule has 20 heavy (non-hydrogen) atoms. The average Bonchev–Trinajstić information content (AvgIpc) is 2.73. The Labute approximate surface area is 125 Å². The number of benzene rings is 1. The summed E-state index contributed by atoms with van der Waals surface area (Å²) in [5.74, 6) is -0.534. The van der Waals surface area contributed by atoms with Gasteiger partial charge in [0, 0.05) is 25.0 Å². The summed E-state index contributed by atoms with van der Waals surface area (Å²) in [4.78, 5) is 15.5. The average molecular weight is 351 g/mol. The van der Waals surface area contributed by atoms with Gasteiger partial charge in [0.1, 0.15) is 0 Å². The zero-order valence-electron chi connectivity index (χ0n) is 10.7. The van der Waals surface area contributed by atoms with Crippen LogP contribution in [0.2, 0.25) is 0 Å². The third-order valence-electron chi connectivity index (χ3n) is 2.82. The van der Waals surface area contributed by atoms with Gasteiger partial charge >= 0.3 is 6.18 Å². The van der Waals surface area contributed by atoms with Crippen molar-refractivity contribution in [3.63, 3.8) is 0 Å². The highest BCUT2D eigenvalue weighted by molar-refractivity contribution is 8.93. The van der Waals surface area contributed by atoms with Crippen LogP contribution in [0.1, 0.15) is 15.9 Å². The van der Waals surface area contributed by atoms with Crippen LogP contribution in [-0.4, -0.2) is 35.8 Å². The minimum atomic E-state index is -4.51. The molecule has 0 saturated heterocycles. The third kappa shape index (κ3) is 3.75. The molecule has 1 aromatic carbocycles. The highest BCUT2D eigenvalue weighted by Gasteiger charge is 2.34. The predicted octanol–water partition coefficient (Wildman–Crippen LogP) is 3.14. The van der Waals surface area contributed by atoms with Gasteiger partial charge < -0.3 is 9.80 Å². The first kappa shape index (κ1) is 16.6. The van der Waals surface area contributed by atoms with E-state index in [9.17, 15) is 18.0 Å². The van der Waals surface area contributed by atoms with Crippen LogP contribution in [-0.2, 0) is 6.18 Å². The Bertz CT molecular complexity index is 517. The molecule has 0 fully saturated rings. The fraction of sp³-hybridized carbons (Fsp3) is 0.308. The van der Waals surface area contributed by atoms with E-state index in [0.29, 0.717) is 6.67 Å². The SMILES string of the molecule is Br.CN1C=CN(CC(=O)c2ccccc2C(F)(F)F)C1. The molecule has 0 radical (unpaired) electrons. The number of ketones is 1. The number of hydrogen-bond donors (Lipinski definition) is 0. The van der Waals surface area contributed by atoms with E-state index in [1.165, 1.54) is 18.2 Å². The lowest BCUT2D eigenvalue weighted by Gasteiger charge is -2.18. The summed E-state index contributed by atoms with van der Waals surface area (Å²) < 4.78 is 38.4. The predicted molar refractivity (Wildman–Crippen MR) is 74.6 cm³/mol. The van der Waals surface area contributed by atoms with Gasteiger partial charge in [-0.05, 0) is 6.07 Å². The van der Waals surface area contributed by atoms with Crippen molar-refractivity contribution in [3.05, 3.63) is 47.8 Å². The van der Waals surface area contributed by atoms with Crippen molar-refractivity contribution in [2.75, 3.05) is 20.3 Å². The van der Waals surface area contributed by atoms with E-state index in [4.69, 9.17) is 0 Å². The van der Waals surface area contributed by atoms with Crippen LogP contribution in [0.3, 0.4) is 0 Å². The van der Waals surface area contributed by atoms with E-state index >= 15 is 0 Å². The standard InChI is InChI=1S/C13H13F3N2O.BrH/c1-17-6-7-18(9-17)8-12(19)10-4-2-3-5-11(10)13(14,15)16;/h2-7H,8-9H2,1H3;1H. The maximum absolute atomic E-state index is 12.8. The topological polar surface area (TPSA) is 23.6 Å². The fourth-order valence-corrected chi connectivity index (χ4v) is 1.93. The molecule has 7 heteroatoms. The highest BCUT2D eigenvalue weighted by atomic mass is 79.9. The van der Waals surface area contributed by atoms with Crippen molar-refractivity contribution in [3.8, 4) is 0 Å². The zero-order valence-corrected chi connectivity index (χ0v) is 12.4. The molecule has 1 heterocycles. The first-order valence-corrected chi connectivity index (χ1v) is 5.70.